The van der Waals surface area contributed by atoms with E-state index < -0.39 is 0 Å². The minimum absolute atomic E-state index is 0.354. The first-order chi connectivity index (χ1) is 8.19. The van der Waals surface area contributed by atoms with Gasteiger partial charge in [0, 0.05) is 5.56 Å². The van der Waals surface area contributed by atoms with Gasteiger partial charge in [0.2, 0.25) is 0 Å². The molecule has 2 nitrogen and oxygen atoms in total. The molecule has 0 atom stereocenters. The molecular formula is C15H20O2. The van der Waals surface area contributed by atoms with Gasteiger partial charge in [-0.1, -0.05) is 6.92 Å². The van der Waals surface area contributed by atoms with E-state index in [1.54, 1.807) is 0 Å². The quantitative estimate of drug-likeness (QED) is 0.742. The van der Waals surface area contributed by atoms with Gasteiger partial charge in [-0.25, -0.2) is 0 Å². The zero-order valence-electron chi connectivity index (χ0n) is 10.6. The third-order valence-corrected chi connectivity index (χ3v) is 3.63. The van der Waals surface area contributed by atoms with Gasteiger partial charge in [-0.15, -0.1) is 0 Å². The molecule has 0 amide bonds. The van der Waals surface area contributed by atoms with Crippen molar-refractivity contribution in [3.8, 4) is 5.75 Å². The molecule has 0 aromatic heterocycles. The van der Waals surface area contributed by atoms with Gasteiger partial charge in [0.25, 0.3) is 0 Å². The molecule has 17 heavy (non-hydrogen) atoms. The molecule has 1 aliphatic carbocycles. The fraction of sp³-hybridized carbons (Fsp3) is 0.533. The van der Waals surface area contributed by atoms with Crippen molar-refractivity contribution in [2.45, 2.75) is 45.6 Å². The Morgan fingerprint density at radius 1 is 1.24 bits per heavy atom. The van der Waals surface area contributed by atoms with Crippen molar-refractivity contribution in [3.05, 3.63) is 29.3 Å². The summed E-state index contributed by atoms with van der Waals surface area (Å²) in [5.41, 5.74) is 1.73. The zero-order valence-corrected chi connectivity index (χ0v) is 10.6. The maximum absolute atomic E-state index is 10.7. The van der Waals surface area contributed by atoms with Crippen LogP contribution in [0.5, 0.6) is 5.75 Å². The molecule has 0 bridgehead atoms. The van der Waals surface area contributed by atoms with E-state index >= 15 is 0 Å². The minimum Gasteiger partial charge on any atom is -0.490 e. The molecule has 1 saturated carbocycles. The van der Waals surface area contributed by atoms with Crippen LogP contribution in [0.4, 0.5) is 0 Å². The van der Waals surface area contributed by atoms with Crippen molar-refractivity contribution in [1.29, 1.82) is 0 Å². The molecule has 0 heterocycles. The zero-order chi connectivity index (χ0) is 12.3. The van der Waals surface area contributed by atoms with Gasteiger partial charge in [-0.05, 0) is 62.3 Å². The summed E-state index contributed by atoms with van der Waals surface area (Å²) in [6.45, 7) is 4.25. The molecule has 92 valence electrons. The van der Waals surface area contributed by atoms with Crippen LogP contribution in [0.15, 0.2) is 18.2 Å². The summed E-state index contributed by atoms with van der Waals surface area (Å²) in [7, 11) is 0. The summed E-state index contributed by atoms with van der Waals surface area (Å²) in [5, 5.41) is 0. The Bertz CT molecular complexity index is 390. The molecule has 0 radical (unpaired) electrons. The largest absolute Gasteiger partial charge is 0.490 e. The highest BCUT2D eigenvalue weighted by molar-refractivity contribution is 5.77. The van der Waals surface area contributed by atoms with Gasteiger partial charge in [0.1, 0.15) is 12.0 Å². The Morgan fingerprint density at radius 3 is 2.53 bits per heavy atom. The van der Waals surface area contributed by atoms with Crippen LogP contribution in [0.1, 0.15) is 48.5 Å². The molecule has 1 aromatic carbocycles. The highest BCUT2D eigenvalue weighted by Crippen LogP contribution is 2.27. The molecule has 2 rings (SSSR count). The normalized spacial score (nSPS) is 24.4. The van der Waals surface area contributed by atoms with Gasteiger partial charge < -0.3 is 4.74 Å². The number of aldehydes is 1. The highest BCUT2D eigenvalue weighted by atomic mass is 16.5. The predicted octanol–water partition coefficient (Wildman–Crippen LogP) is 3.77. The molecule has 2 heteroatoms. The number of hydrogen-bond acceptors (Lipinski definition) is 2. The Balaban J connectivity index is 1.99. The summed E-state index contributed by atoms with van der Waals surface area (Å²) in [5.74, 6) is 1.74. The van der Waals surface area contributed by atoms with Gasteiger partial charge in [0.05, 0.1) is 6.10 Å². The lowest BCUT2D eigenvalue weighted by atomic mass is 9.89. The summed E-state index contributed by atoms with van der Waals surface area (Å²) < 4.78 is 5.97. The van der Waals surface area contributed by atoms with Crippen molar-refractivity contribution < 1.29 is 9.53 Å². The lowest BCUT2D eigenvalue weighted by molar-refractivity contribution is 0.112. The van der Waals surface area contributed by atoms with Crippen molar-refractivity contribution in [1.82, 2.24) is 0 Å². The van der Waals surface area contributed by atoms with Gasteiger partial charge in [-0.3, -0.25) is 4.79 Å². The standard InChI is InChI=1S/C15H20O2/c1-11-3-6-14(7-4-11)17-15-8-5-13(10-16)12(2)9-15/h5,8-11,14H,3-4,6-7H2,1-2H3. The number of hydrogen-bond donors (Lipinski definition) is 0. The second-order valence-corrected chi connectivity index (χ2v) is 5.14. The fourth-order valence-corrected chi connectivity index (χ4v) is 2.39. The molecule has 0 saturated heterocycles. The molecule has 0 aliphatic heterocycles. The predicted molar refractivity (Wildman–Crippen MR) is 68.6 cm³/mol. The van der Waals surface area contributed by atoms with E-state index in [0.29, 0.717) is 6.10 Å². The van der Waals surface area contributed by atoms with Crippen LogP contribution in [0.2, 0.25) is 0 Å². The van der Waals surface area contributed by atoms with E-state index in [1.807, 2.05) is 25.1 Å². The first-order valence-electron chi connectivity index (χ1n) is 6.41. The van der Waals surface area contributed by atoms with Crippen molar-refractivity contribution in [2.75, 3.05) is 0 Å². The third kappa shape index (κ3) is 3.09. The van der Waals surface area contributed by atoms with E-state index in [2.05, 4.69) is 6.92 Å². The molecule has 1 aromatic rings. The van der Waals surface area contributed by atoms with Crippen LogP contribution in [-0.4, -0.2) is 12.4 Å². The van der Waals surface area contributed by atoms with Crippen LogP contribution in [0.3, 0.4) is 0 Å². The fourth-order valence-electron chi connectivity index (χ4n) is 2.39. The average Bonchev–Trinajstić information content (AvgIpc) is 2.32. The Hall–Kier alpha value is -1.31. The second-order valence-electron chi connectivity index (χ2n) is 5.14. The number of rotatable bonds is 3. The minimum atomic E-state index is 0.354. The maximum atomic E-state index is 10.7. The molecule has 1 fully saturated rings. The Labute approximate surface area is 103 Å². The van der Waals surface area contributed by atoms with Crippen molar-refractivity contribution >= 4 is 6.29 Å². The Kier molecular flexibility index (Phi) is 3.82. The van der Waals surface area contributed by atoms with Crippen LogP contribution in [0, 0.1) is 12.8 Å². The number of benzene rings is 1. The van der Waals surface area contributed by atoms with E-state index in [-0.39, 0.29) is 0 Å². The summed E-state index contributed by atoms with van der Waals surface area (Å²) >= 11 is 0. The Morgan fingerprint density at radius 2 is 1.94 bits per heavy atom. The second kappa shape index (κ2) is 5.35. The lowest BCUT2D eigenvalue weighted by Crippen LogP contribution is -2.23. The number of carbonyl (C=O) groups is 1. The number of ether oxygens (including phenoxy) is 1. The summed E-state index contributed by atoms with van der Waals surface area (Å²) in [6.07, 6.45) is 6.06. The number of aryl methyl sites for hydroxylation is 1. The molecule has 1 aliphatic rings. The van der Waals surface area contributed by atoms with E-state index in [4.69, 9.17) is 4.74 Å². The lowest BCUT2D eigenvalue weighted by Gasteiger charge is -2.27. The maximum Gasteiger partial charge on any atom is 0.150 e. The topological polar surface area (TPSA) is 26.3 Å². The molecule has 0 N–H and O–H groups in total. The van der Waals surface area contributed by atoms with Gasteiger partial charge >= 0.3 is 0 Å². The summed E-state index contributed by atoms with van der Waals surface area (Å²) in [6, 6.07) is 5.69. The first kappa shape index (κ1) is 12.2. The van der Waals surface area contributed by atoms with E-state index in [0.717, 1.165) is 41.9 Å². The number of carbonyl (C=O) groups excluding carboxylic acids is 1. The first-order valence-corrected chi connectivity index (χ1v) is 6.41. The van der Waals surface area contributed by atoms with Crippen LogP contribution < -0.4 is 4.74 Å². The van der Waals surface area contributed by atoms with Crippen LogP contribution in [-0.2, 0) is 0 Å². The molecular weight excluding hydrogens is 212 g/mol. The van der Waals surface area contributed by atoms with E-state index in [1.165, 1.54) is 12.8 Å². The van der Waals surface area contributed by atoms with Crippen molar-refractivity contribution in [3.63, 3.8) is 0 Å². The third-order valence-electron chi connectivity index (χ3n) is 3.63. The molecule has 0 spiro atoms. The average molecular weight is 232 g/mol. The summed E-state index contributed by atoms with van der Waals surface area (Å²) in [4.78, 5) is 10.7. The molecule has 0 unspecified atom stereocenters. The smallest absolute Gasteiger partial charge is 0.150 e. The van der Waals surface area contributed by atoms with Gasteiger partial charge in [0.15, 0.2) is 0 Å². The van der Waals surface area contributed by atoms with E-state index in [9.17, 15) is 4.79 Å². The monoisotopic (exact) mass is 232 g/mol. The highest BCUT2D eigenvalue weighted by Gasteiger charge is 2.19. The van der Waals surface area contributed by atoms with Gasteiger partial charge in [-0.2, -0.15) is 0 Å². The SMILES string of the molecule is Cc1cc(OC2CCC(C)CC2)ccc1C=O. The van der Waals surface area contributed by atoms with Crippen molar-refractivity contribution in [2.24, 2.45) is 5.92 Å². The van der Waals surface area contributed by atoms with Crippen LogP contribution >= 0.6 is 0 Å². The van der Waals surface area contributed by atoms with Crippen LogP contribution in [0.25, 0.3) is 0 Å².